The second-order valence-corrected chi connectivity index (χ2v) is 11.5. The summed E-state index contributed by atoms with van der Waals surface area (Å²) in [5.41, 5.74) is 4.03. The third-order valence-corrected chi connectivity index (χ3v) is 7.96. The summed E-state index contributed by atoms with van der Waals surface area (Å²) in [5.74, 6) is -2.18. The summed E-state index contributed by atoms with van der Waals surface area (Å²) in [6.45, 7) is 2.69. The Kier molecular flexibility index (Phi) is 8.36. The van der Waals surface area contributed by atoms with Gasteiger partial charge in [-0.3, -0.25) is 4.79 Å². The van der Waals surface area contributed by atoms with Crippen LogP contribution in [0.4, 0.5) is 8.78 Å². The SMILES string of the molecule is CCc1cccc(CNC[C@@H](O)[C@H](Cc2cc(F)cc(F)c2)NC(=O)c2ccc3c(c2)CS(=O)(=O)C3)c1. The van der Waals surface area contributed by atoms with Crippen LogP contribution in [0.1, 0.15) is 45.1 Å². The van der Waals surface area contributed by atoms with Crippen molar-refractivity contribution in [3.05, 3.63) is 106 Å². The van der Waals surface area contributed by atoms with E-state index >= 15 is 0 Å². The molecule has 9 heteroatoms. The van der Waals surface area contributed by atoms with Gasteiger partial charge in [-0.25, -0.2) is 17.2 Å². The van der Waals surface area contributed by atoms with Crippen molar-refractivity contribution in [2.24, 2.45) is 0 Å². The van der Waals surface area contributed by atoms with Crippen LogP contribution in [0, 0.1) is 11.6 Å². The van der Waals surface area contributed by atoms with Gasteiger partial charge in [-0.05, 0) is 64.9 Å². The van der Waals surface area contributed by atoms with Gasteiger partial charge in [-0.2, -0.15) is 0 Å². The number of hydrogen-bond donors (Lipinski definition) is 3. The molecular formula is C28H30F2N2O4S. The van der Waals surface area contributed by atoms with Crippen molar-refractivity contribution >= 4 is 15.7 Å². The number of carbonyl (C=O) groups excluding carboxylic acids is 1. The number of fused-ring (bicyclic) bond motifs is 1. The molecule has 37 heavy (non-hydrogen) atoms. The van der Waals surface area contributed by atoms with Crippen molar-refractivity contribution in [3.8, 4) is 0 Å². The van der Waals surface area contributed by atoms with Gasteiger partial charge in [0.2, 0.25) is 0 Å². The number of benzene rings is 3. The Labute approximate surface area is 215 Å². The first-order valence-corrected chi connectivity index (χ1v) is 14.0. The molecule has 0 spiro atoms. The highest BCUT2D eigenvalue weighted by molar-refractivity contribution is 7.90. The monoisotopic (exact) mass is 528 g/mol. The first kappa shape index (κ1) is 26.9. The lowest BCUT2D eigenvalue weighted by Gasteiger charge is -2.25. The molecule has 0 aromatic heterocycles. The summed E-state index contributed by atoms with van der Waals surface area (Å²) in [6, 6.07) is 15.0. The number of hydrogen-bond acceptors (Lipinski definition) is 5. The van der Waals surface area contributed by atoms with Crippen LogP contribution in [-0.4, -0.2) is 38.1 Å². The van der Waals surface area contributed by atoms with Gasteiger partial charge in [0.05, 0.1) is 23.7 Å². The van der Waals surface area contributed by atoms with E-state index in [0.29, 0.717) is 17.7 Å². The average Bonchev–Trinajstić information content (AvgIpc) is 3.16. The molecule has 3 N–H and O–H groups in total. The normalized spacial score (nSPS) is 15.7. The summed E-state index contributed by atoms with van der Waals surface area (Å²) in [7, 11) is -3.22. The van der Waals surface area contributed by atoms with E-state index in [4.69, 9.17) is 0 Å². The Morgan fingerprint density at radius 1 is 0.946 bits per heavy atom. The second-order valence-electron chi connectivity index (χ2n) is 9.45. The summed E-state index contributed by atoms with van der Waals surface area (Å²) >= 11 is 0. The van der Waals surface area contributed by atoms with Crippen molar-refractivity contribution in [3.63, 3.8) is 0 Å². The van der Waals surface area contributed by atoms with Gasteiger partial charge in [-0.1, -0.05) is 37.3 Å². The fourth-order valence-electron chi connectivity index (χ4n) is 4.55. The molecule has 3 aromatic rings. The van der Waals surface area contributed by atoms with E-state index in [0.717, 1.165) is 18.1 Å². The number of aliphatic hydroxyl groups excluding tert-OH is 1. The van der Waals surface area contributed by atoms with Crippen molar-refractivity contribution < 1.29 is 27.1 Å². The van der Waals surface area contributed by atoms with Crippen LogP contribution in [-0.2, 0) is 40.7 Å². The molecule has 0 unspecified atom stereocenters. The molecule has 0 saturated carbocycles. The topological polar surface area (TPSA) is 95.5 Å². The number of sulfone groups is 1. The van der Waals surface area contributed by atoms with E-state index in [1.54, 1.807) is 18.2 Å². The Morgan fingerprint density at radius 3 is 2.38 bits per heavy atom. The molecule has 6 nitrogen and oxygen atoms in total. The maximum atomic E-state index is 13.8. The van der Waals surface area contributed by atoms with Gasteiger partial charge >= 0.3 is 0 Å². The molecule has 0 fully saturated rings. The summed E-state index contributed by atoms with van der Waals surface area (Å²) in [5, 5.41) is 16.9. The fourth-order valence-corrected chi connectivity index (χ4v) is 6.15. The average molecular weight is 529 g/mol. The molecule has 0 radical (unpaired) electrons. The number of halogens is 2. The number of aryl methyl sites for hydroxylation is 1. The fraction of sp³-hybridized carbons (Fsp3) is 0.321. The Bertz CT molecular complexity index is 1370. The first-order chi connectivity index (χ1) is 17.6. The highest BCUT2D eigenvalue weighted by atomic mass is 32.2. The van der Waals surface area contributed by atoms with E-state index < -0.39 is 39.5 Å². The zero-order valence-electron chi connectivity index (χ0n) is 20.5. The summed E-state index contributed by atoms with van der Waals surface area (Å²) in [6.07, 6.45) is -0.170. The molecule has 0 saturated heterocycles. The van der Waals surface area contributed by atoms with E-state index in [-0.39, 0.29) is 35.6 Å². The number of carbonyl (C=O) groups is 1. The number of amides is 1. The molecule has 4 rings (SSSR count). The quantitative estimate of drug-likeness (QED) is 0.375. The molecule has 196 valence electrons. The van der Waals surface area contributed by atoms with Gasteiger partial charge in [-0.15, -0.1) is 0 Å². The van der Waals surface area contributed by atoms with Crippen LogP contribution in [0.15, 0.2) is 60.7 Å². The standard InChI is InChI=1S/C28H30F2N2O4S/c1-2-18-4-3-5-19(8-18)14-31-15-27(33)26(11-20-9-24(29)13-25(30)10-20)32-28(34)21-6-7-22-16-37(35,36)17-23(22)12-21/h3-10,12-13,26-27,31,33H,2,11,14-17H2,1H3,(H,32,34)/t26-,27+/m0/s1. The van der Waals surface area contributed by atoms with Crippen molar-refractivity contribution in [2.45, 2.75) is 50.0 Å². The highest BCUT2D eigenvalue weighted by Gasteiger charge is 2.27. The molecule has 0 bridgehead atoms. The van der Waals surface area contributed by atoms with E-state index in [1.807, 2.05) is 18.2 Å². The van der Waals surface area contributed by atoms with Gasteiger partial charge in [0, 0.05) is 24.7 Å². The molecule has 1 heterocycles. The van der Waals surface area contributed by atoms with Crippen LogP contribution in [0.2, 0.25) is 0 Å². The largest absolute Gasteiger partial charge is 0.390 e. The van der Waals surface area contributed by atoms with Gasteiger partial charge in [0.25, 0.3) is 5.91 Å². The maximum absolute atomic E-state index is 13.8. The molecule has 0 aliphatic carbocycles. The lowest BCUT2D eigenvalue weighted by atomic mass is 9.99. The summed E-state index contributed by atoms with van der Waals surface area (Å²) < 4.78 is 51.5. The van der Waals surface area contributed by atoms with Crippen molar-refractivity contribution in [1.82, 2.24) is 10.6 Å². The second kappa shape index (κ2) is 11.5. The Balaban J connectivity index is 1.48. The first-order valence-electron chi connectivity index (χ1n) is 12.2. The van der Waals surface area contributed by atoms with Crippen LogP contribution in [0.25, 0.3) is 0 Å². The molecule has 1 aliphatic heterocycles. The third-order valence-electron chi connectivity index (χ3n) is 6.46. The molecule has 1 aliphatic rings. The lowest BCUT2D eigenvalue weighted by Crippen LogP contribution is -2.48. The van der Waals surface area contributed by atoms with E-state index in [1.165, 1.54) is 17.7 Å². The maximum Gasteiger partial charge on any atom is 0.251 e. The molecule has 1 amide bonds. The molecule has 2 atom stereocenters. The Hall–Kier alpha value is -3.14. The van der Waals surface area contributed by atoms with Crippen LogP contribution < -0.4 is 10.6 Å². The minimum Gasteiger partial charge on any atom is -0.390 e. The number of rotatable bonds is 10. The minimum absolute atomic E-state index is 0.00605. The zero-order valence-corrected chi connectivity index (χ0v) is 21.3. The lowest BCUT2D eigenvalue weighted by molar-refractivity contribution is 0.0829. The van der Waals surface area contributed by atoms with Gasteiger partial charge in [0.1, 0.15) is 11.6 Å². The predicted molar refractivity (Wildman–Crippen MR) is 138 cm³/mol. The molecular weight excluding hydrogens is 498 g/mol. The van der Waals surface area contributed by atoms with E-state index in [2.05, 4.69) is 23.6 Å². The zero-order chi connectivity index (χ0) is 26.6. The van der Waals surface area contributed by atoms with Crippen LogP contribution in [0.3, 0.4) is 0 Å². The van der Waals surface area contributed by atoms with E-state index in [9.17, 15) is 27.1 Å². The van der Waals surface area contributed by atoms with Gasteiger partial charge in [0.15, 0.2) is 9.84 Å². The predicted octanol–water partition coefficient (Wildman–Crippen LogP) is 3.45. The smallest absolute Gasteiger partial charge is 0.251 e. The van der Waals surface area contributed by atoms with Crippen molar-refractivity contribution in [1.29, 1.82) is 0 Å². The molecule has 3 aromatic carbocycles. The van der Waals surface area contributed by atoms with Crippen LogP contribution in [0.5, 0.6) is 0 Å². The third kappa shape index (κ3) is 7.21. The minimum atomic E-state index is -3.22. The number of nitrogens with one attached hydrogen (secondary N) is 2. The van der Waals surface area contributed by atoms with Crippen molar-refractivity contribution in [2.75, 3.05) is 6.54 Å². The van der Waals surface area contributed by atoms with Gasteiger partial charge < -0.3 is 15.7 Å². The highest BCUT2D eigenvalue weighted by Crippen LogP contribution is 2.26. The Morgan fingerprint density at radius 2 is 1.65 bits per heavy atom. The number of aliphatic hydroxyl groups is 1. The summed E-state index contributed by atoms with van der Waals surface area (Å²) in [4.78, 5) is 13.1. The van der Waals surface area contributed by atoms with Crippen LogP contribution >= 0.6 is 0 Å².